The number of likely N-dealkylation sites (tertiary alicyclic amines) is 1. The fraction of sp³-hybridized carbons (Fsp3) is 0.515. The van der Waals surface area contributed by atoms with Gasteiger partial charge < -0.3 is 25.0 Å². The third-order valence-corrected chi connectivity index (χ3v) is 8.04. The quantitative estimate of drug-likeness (QED) is 0.263. The Labute approximate surface area is 240 Å². The zero-order chi connectivity index (χ0) is 28.8. The molecule has 1 aromatic heterocycles. The van der Waals surface area contributed by atoms with Crippen LogP contribution in [0, 0.1) is 11.8 Å². The van der Waals surface area contributed by atoms with Gasteiger partial charge in [0.05, 0.1) is 11.0 Å². The van der Waals surface area contributed by atoms with Crippen LogP contribution in [0.15, 0.2) is 49.0 Å². The number of carbonyl (C=O) groups excluding carboxylic acids is 1. The van der Waals surface area contributed by atoms with Crippen LogP contribution in [0.3, 0.4) is 0 Å². The lowest BCUT2D eigenvalue weighted by molar-refractivity contribution is 0.0963. The monoisotopic (exact) mass is 544 g/mol. The summed E-state index contributed by atoms with van der Waals surface area (Å²) in [5.41, 5.74) is 5.94. The molecule has 1 aliphatic rings. The topological polar surface area (TPSA) is 65.4 Å². The van der Waals surface area contributed by atoms with Crippen molar-refractivity contribution in [1.29, 1.82) is 0 Å². The highest BCUT2D eigenvalue weighted by Gasteiger charge is 2.24. The van der Waals surface area contributed by atoms with Crippen molar-refractivity contribution in [2.24, 2.45) is 11.8 Å². The third-order valence-electron chi connectivity index (χ3n) is 8.04. The lowest BCUT2D eigenvalue weighted by Crippen LogP contribution is -2.31. The average Bonchev–Trinajstić information content (AvgIpc) is 3.29. The van der Waals surface area contributed by atoms with Crippen molar-refractivity contribution in [3.05, 3.63) is 60.2 Å². The predicted molar refractivity (Wildman–Crippen MR) is 168 cm³/mol. The molecule has 2 aromatic carbocycles. The van der Waals surface area contributed by atoms with Crippen LogP contribution in [-0.2, 0) is 0 Å². The summed E-state index contributed by atoms with van der Waals surface area (Å²) in [6.45, 7) is 17.9. The molecule has 0 spiro atoms. The molecule has 4 rings (SSSR count). The summed E-state index contributed by atoms with van der Waals surface area (Å²) in [7, 11) is 3.84. The number of nitrogens with zero attached hydrogens (tertiary/aromatic N) is 4. The number of carbonyl (C=O) groups is 1. The van der Waals surface area contributed by atoms with E-state index in [2.05, 4.69) is 84.5 Å². The summed E-state index contributed by atoms with van der Waals surface area (Å²) in [4.78, 5) is 21.9. The van der Waals surface area contributed by atoms with E-state index in [1.54, 1.807) is 7.05 Å². The number of anilines is 2. The van der Waals surface area contributed by atoms with Crippen LogP contribution < -0.4 is 10.6 Å². The molecule has 7 nitrogen and oxygen atoms in total. The number of benzene rings is 2. The van der Waals surface area contributed by atoms with Gasteiger partial charge in [-0.05, 0) is 99.6 Å². The molecule has 7 heteroatoms. The van der Waals surface area contributed by atoms with Gasteiger partial charge in [-0.25, -0.2) is 4.98 Å². The highest BCUT2D eigenvalue weighted by Crippen LogP contribution is 2.34. The van der Waals surface area contributed by atoms with Gasteiger partial charge in [0.1, 0.15) is 0 Å². The van der Waals surface area contributed by atoms with E-state index in [9.17, 15) is 4.79 Å². The molecule has 0 atom stereocenters. The molecule has 0 unspecified atom stereocenters. The average molecular weight is 545 g/mol. The summed E-state index contributed by atoms with van der Waals surface area (Å²) < 4.78 is 2.40. The minimum atomic E-state index is -0.0892. The van der Waals surface area contributed by atoms with Crippen LogP contribution in [0.25, 0.3) is 16.7 Å². The van der Waals surface area contributed by atoms with Crippen LogP contribution in [-0.4, -0.2) is 65.5 Å². The van der Waals surface area contributed by atoms with Gasteiger partial charge in [-0.1, -0.05) is 40.3 Å². The SMILES string of the molecule is C=C(c1ccc2nc(Nc3ccc(C(=O)NC)cc3)n(C3CCN(C)CC3)c2c1)N(CCC(C)C)CCC(C)C. The molecule has 216 valence electrons. The van der Waals surface area contributed by atoms with E-state index in [0.29, 0.717) is 23.4 Å². The van der Waals surface area contributed by atoms with Crippen LogP contribution >= 0.6 is 0 Å². The highest BCUT2D eigenvalue weighted by atomic mass is 16.1. The van der Waals surface area contributed by atoms with Gasteiger partial charge >= 0.3 is 0 Å². The van der Waals surface area contributed by atoms with E-state index in [4.69, 9.17) is 4.98 Å². The van der Waals surface area contributed by atoms with E-state index in [1.807, 2.05) is 24.3 Å². The molecule has 40 heavy (non-hydrogen) atoms. The predicted octanol–water partition coefficient (Wildman–Crippen LogP) is 6.77. The van der Waals surface area contributed by atoms with E-state index in [1.165, 1.54) is 0 Å². The Balaban J connectivity index is 1.69. The molecule has 0 bridgehead atoms. The standard InChI is InChI=1S/C33H48N6O/c1-23(2)14-20-38(21-15-24(3)4)25(5)27-10-13-30-31(22-27)39(29-16-18-37(7)19-17-29)33(36-30)35-28-11-8-26(9-12-28)32(40)34-6/h8-13,22-24,29H,5,14-21H2,1-4,6-7H3,(H,34,40)(H,35,36). The Bertz CT molecular complexity index is 1270. The fourth-order valence-electron chi connectivity index (χ4n) is 5.35. The number of aromatic nitrogens is 2. The number of nitrogens with one attached hydrogen (secondary N) is 2. The second-order valence-electron chi connectivity index (χ2n) is 12.1. The number of amides is 1. The first-order chi connectivity index (χ1) is 19.2. The molecular formula is C33H48N6O. The third kappa shape index (κ3) is 7.25. The largest absolute Gasteiger partial charge is 0.372 e. The van der Waals surface area contributed by atoms with Crippen molar-refractivity contribution < 1.29 is 4.79 Å². The molecule has 2 heterocycles. The van der Waals surface area contributed by atoms with E-state index < -0.39 is 0 Å². The Morgan fingerprint density at radius 1 is 1.00 bits per heavy atom. The molecular weight excluding hydrogens is 496 g/mol. The van der Waals surface area contributed by atoms with Crippen LogP contribution in [0.4, 0.5) is 11.6 Å². The maximum atomic E-state index is 12.0. The molecule has 1 aliphatic heterocycles. The van der Waals surface area contributed by atoms with Gasteiger partial charge in [0.25, 0.3) is 5.91 Å². The lowest BCUT2D eigenvalue weighted by atomic mass is 10.0. The first-order valence-electron chi connectivity index (χ1n) is 14.9. The number of imidazole rings is 1. The molecule has 0 saturated carbocycles. The van der Waals surface area contributed by atoms with E-state index in [0.717, 1.165) is 85.8 Å². The molecule has 0 aliphatic carbocycles. The maximum absolute atomic E-state index is 12.0. The number of fused-ring (bicyclic) bond motifs is 1. The van der Waals surface area contributed by atoms with Crippen LogP contribution in [0.1, 0.15) is 75.3 Å². The van der Waals surface area contributed by atoms with Crippen molar-refractivity contribution in [3.63, 3.8) is 0 Å². The second kappa shape index (κ2) is 13.4. The highest BCUT2D eigenvalue weighted by molar-refractivity contribution is 5.94. The number of rotatable bonds is 12. The first-order valence-corrected chi connectivity index (χ1v) is 14.9. The molecule has 3 aromatic rings. The first kappa shape index (κ1) is 29.7. The molecule has 0 radical (unpaired) electrons. The Hall–Kier alpha value is -3.32. The van der Waals surface area contributed by atoms with Gasteiger partial charge in [-0.2, -0.15) is 0 Å². The zero-order valence-corrected chi connectivity index (χ0v) is 25.3. The smallest absolute Gasteiger partial charge is 0.251 e. The molecule has 1 amide bonds. The van der Waals surface area contributed by atoms with Gasteiger partial charge in [0.2, 0.25) is 5.95 Å². The van der Waals surface area contributed by atoms with E-state index in [-0.39, 0.29) is 5.91 Å². The molecule has 2 N–H and O–H groups in total. The second-order valence-corrected chi connectivity index (χ2v) is 12.1. The summed E-state index contributed by atoms with van der Waals surface area (Å²) in [5, 5.41) is 6.25. The van der Waals surface area contributed by atoms with Crippen molar-refractivity contribution in [3.8, 4) is 0 Å². The lowest BCUT2D eigenvalue weighted by Gasteiger charge is -2.31. The van der Waals surface area contributed by atoms with Crippen molar-refractivity contribution in [2.45, 2.75) is 59.4 Å². The van der Waals surface area contributed by atoms with E-state index >= 15 is 0 Å². The van der Waals surface area contributed by atoms with Crippen molar-refractivity contribution in [1.82, 2.24) is 24.7 Å². The zero-order valence-electron chi connectivity index (χ0n) is 25.3. The van der Waals surface area contributed by atoms with Crippen LogP contribution in [0.5, 0.6) is 0 Å². The fourth-order valence-corrected chi connectivity index (χ4v) is 5.35. The van der Waals surface area contributed by atoms with Gasteiger partial charge in [0.15, 0.2) is 0 Å². The Kier molecular flexibility index (Phi) is 9.90. The maximum Gasteiger partial charge on any atom is 0.251 e. The number of hydrogen-bond donors (Lipinski definition) is 2. The van der Waals surface area contributed by atoms with Crippen molar-refractivity contribution >= 4 is 34.3 Å². The minimum absolute atomic E-state index is 0.0892. The van der Waals surface area contributed by atoms with Gasteiger partial charge in [-0.3, -0.25) is 4.79 Å². The number of piperidine rings is 1. The minimum Gasteiger partial charge on any atom is -0.372 e. The Morgan fingerprint density at radius 3 is 2.17 bits per heavy atom. The van der Waals surface area contributed by atoms with Gasteiger partial charge in [-0.15, -0.1) is 0 Å². The summed E-state index contributed by atoms with van der Waals surface area (Å²) >= 11 is 0. The van der Waals surface area contributed by atoms with Crippen LogP contribution in [0.2, 0.25) is 0 Å². The molecule has 1 fully saturated rings. The normalized spacial score (nSPS) is 14.7. The van der Waals surface area contributed by atoms with Crippen molar-refractivity contribution in [2.75, 3.05) is 45.6 Å². The summed E-state index contributed by atoms with van der Waals surface area (Å²) in [5.74, 6) is 2.06. The summed E-state index contributed by atoms with van der Waals surface area (Å²) in [6.07, 6.45) is 4.46. The molecule has 1 saturated heterocycles. The Morgan fingerprint density at radius 2 is 1.60 bits per heavy atom. The summed E-state index contributed by atoms with van der Waals surface area (Å²) in [6, 6.07) is 14.5. The number of hydrogen-bond acceptors (Lipinski definition) is 5. The van der Waals surface area contributed by atoms with Gasteiger partial charge in [0, 0.05) is 43.1 Å².